The van der Waals surface area contributed by atoms with E-state index in [2.05, 4.69) is 10.3 Å². The SMILES string of the molecule is CNCc1ccnc(OCCCC(F)(F)F)c1. The number of rotatable bonds is 6. The van der Waals surface area contributed by atoms with E-state index < -0.39 is 12.6 Å². The van der Waals surface area contributed by atoms with Gasteiger partial charge in [0.15, 0.2) is 0 Å². The van der Waals surface area contributed by atoms with Crippen LogP contribution in [0.2, 0.25) is 0 Å². The van der Waals surface area contributed by atoms with E-state index in [1.165, 1.54) is 0 Å². The Hall–Kier alpha value is -1.30. The minimum atomic E-state index is -4.12. The summed E-state index contributed by atoms with van der Waals surface area (Å²) in [5.74, 6) is 0.361. The number of pyridine rings is 1. The Morgan fingerprint density at radius 3 is 2.82 bits per heavy atom. The first-order valence-corrected chi connectivity index (χ1v) is 5.30. The third kappa shape index (κ3) is 6.11. The first-order valence-electron chi connectivity index (χ1n) is 5.30. The van der Waals surface area contributed by atoms with Crippen LogP contribution < -0.4 is 10.1 Å². The predicted octanol–water partition coefficient (Wildman–Crippen LogP) is 2.52. The average molecular weight is 248 g/mol. The molecule has 0 spiro atoms. The zero-order valence-electron chi connectivity index (χ0n) is 9.55. The monoisotopic (exact) mass is 248 g/mol. The highest BCUT2D eigenvalue weighted by Crippen LogP contribution is 2.21. The van der Waals surface area contributed by atoms with Crippen molar-refractivity contribution in [3.8, 4) is 5.88 Å². The van der Waals surface area contributed by atoms with E-state index in [4.69, 9.17) is 4.74 Å². The second-order valence-electron chi connectivity index (χ2n) is 3.60. The molecule has 1 rings (SSSR count). The summed E-state index contributed by atoms with van der Waals surface area (Å²) in [5.41, 5.74) is 0.980. The summed E-state index contributed by atoms with van der Waals surface area (Å²) in [7, 11) is 1.81. The van der Waals surface area contributed by atoms with Crippen LogP contribution in [0.5, 0.6) is 5.88 Å². The summed E-state index contributed by atoms with van der Waals surface area (Å²) in [5, 5.41) is 2.97. The predicted molar refractivity (Wildman–Crippen MR) is 57.8 cm³/mol. The molecule has 1 aromatic rings. The van der Waals surface area contributed by atoms with Gasteiger partial charge in [-0.25, -0.2) is 4.98 Å². The Bertz CT molecular complexity index is 342. The van der Waals surface area contributed by atoms with Crippen LogP contribution in [-0.4, -0.2) is 24.8 Å². The summed E-state index contributed by atoms with van der Waals surface area (Å²) in [6, 6.07) is 3.53. The molecule has 3 nitrogen and oxygen atoms in total. The summed E-state index contributed by atoms with van der Waals surface area (Å²) in [4.78, 5) is 3.92. The topological polar surface area (TPSA) is 34.2 Å². The highest BCUT2D eigenvalue weighted by Gasteiger charge is 2.26. The van der Waals surface area contributed by atoms with Crippen LogP contribution in [0, 0.1) is 0 Å². The number of hydrogen-bond donors (Lipinski definition) is 1. The second kappa shape index (κ2) is 6.44. The van der Waals surface area contributed by atoms with Crippen LogP contribution >= 0.6 is 0 Å². The van der Waals surface area contributed by atoms with Gasteiger partial charge in [-0.1, -0.05) is 0 Å². The maximum atomic E-state index is 11.9. The minimum absolute atomic E-state index is 0.0233. The van der Waals surface area contributed by atoms with E-state index in [9.17, 15) is 13.2 Å². The Labute approximate surface area is 98.0 Å². The number of nitrogens with one attached hydrogen (secondary N) is 1. The molecular formula is C11H15F3N2O. The van der Waals surface area contributed by atoms with E-state index >= 15 is 0 Å². The molecule has 96 valence electrons. The highest BCUT2D eigenvalue weighted by atomic mass is 19.4. The van der Waals surface area contributed by atoms with Gasteiger partial charge in [0.25, 0.3) is 0 Å². The van der Waals surface area contributed by atoms with Crippen molar-refractivity contribution in [2.45, 2.75) is 25.6 Å². The van der Waals surface area contributed by atoms with Gasteiger partial charge in [-0.3, -0.25) is 0 Å². The quantitative estimate of drug-likeness (QED) is 0.785. The largest absolute Gasteiger partial charge is 0.478 e. The van der Waals surface area contributed by atoms with Crippen molar-refractivity contribution in [1.29, 1.82) is 0 Å². The molecule has 17 heavy (non-hydrogen) atoms. The van der Waals surface area contributed by atoms with E-state index in [-0.39, 0.29) is 13.0 Å². The summed E-state index contributed by atoms with van der Waals surface area (Å²) in [6.45, 7) is 0.691. The normalized spacial score (nSPS) is 11.5. The zero-order valence-corrected chi connectivity index (χ0v) is 9.55. The smallest absolute Gasteiger partial charge is 0.389 e. The van der Waals surface area contributed by atoms with Crippen LogP contribution in [0.1, 0.15) is 18.4 Å². The van der Waals surface area contributed by atoms with Gasteiger partial charge in [0, 0.05) is 25.2 Å². The van der Waals surface area contributed by atoms with E-state index in [0.29, 0.717) is 12.4 Å². The lowest BCUT2D eigenvalue weighted by Crippen LogP contribution is -2.10. The maximum Gasteiger partial charge on any atom is 0.389 e. The zero-order chi connectivity index (χ0) is 12.7. The number of alkyl halides is 3. The van der Waals surface area contributed by atoms with Crippen molar-refractivity contribution >= 4 is 0 Å². The number of halogens is 3. The Balaban J connectivity index is 2.34. The molecule has 0 unspecified atom stereocenters. The molecule has 0 aromatic carbocycles. The molecule has 0 saturated carbocycles. The molecule has 0 saturated heterocycles. The lowest BCUT2D eigenvalue weighted by atomic mass is 10.2. The van der Waals surface area contributed by atoms with Crippen molar-refractivity contribution in [3.63, 3.8) is 0 Å². The molecule has 0 fully saturated rings. The maximum absolute atomic E-state index is 11.9. The number of hydrogen-bond acceptors (Lipinski definition) is 3. The molecule has 0 aliphatic carbocycles. The summed E-state index contributed by atoms with van der Waals surface area (Å²) >= 11 is 0. The van der Waals surface area contributed by atoms with Crippen LogP contribution in [0.25, 0.3) is 0 Å². The van der Waals surface area contributed by atoms with E-state index in [1.807, 2.05) is 13.1 Å². The number of aromatic nitrogens is 1. The van der Waals surface area contributed by atoms with Crippen LogP contribution in [0.15, 0.2) is 18.3 Å². The average Bonchev–Trinajstić information content (AvgIpc) is 2.24. The first-order chi connectivity index (χ1) is 8.01. The van der Waals surface area contributed by atoms with E-state index in [0.717, 1.165) is 5.56 Å². The fourth-order valence-corrected chi connectivity index (χ4v) is 1.29. The van der Waals surface area contributed by atoms with Gasteiger partial charge in [0.2, 0.25) is 5.88 Å². The second-order valence-corrected chi connectivity index (χ2v) is 3.60. The van der Waals surface area contributed by atoms with Crippen molar-refractivity contribution < 1.29 is 17.9 Å². The van der Waals surface area contributed by atoms with Crippen LogP contribution in [-0.2, 0) is 6.54 Å². The standard InChI is InChI=1S/C11H15F3N2O/c1-15-8-9-3-5-16-10(7-9)17-6-2-4-11(12,13)14/h3,5,7,15H,2,4,6,8H2,1H3. The lowest BCUT2D eigenvalue weighted by Gasteiger charge is -2.08. The van der Waals surface area contributed by atoms with Gasteiger partial charge < -0.3 is 10.1 Å². The van der Waals surface area contributed by atoms with Gasteiger partial charge in [-0.15, -0.1) is 0 Å². The molecule has 1 heterocycles. The first kappa shape index (κ1) is 13.8. The Morgan fingerprint density at radius 2 is 2.18 bits per heavy atom. The van der Waals surface area contributed by atoms with Gasteiger partial charge in [0.05, 0.1) is 6.61 Å². The molecule has 1 aromatic heterocycles. The fourth-order valence-electron chi connectivity index (χ4n) is 1.29. The van der Waals surface area contributed by atoms with Crippen LogP contribution in [0.3, 0.4) is 0 Å². The van der Waals surface area contributed by atoms with Crippen molar-refractivity contribution in [2.24, 2.45) is 0 Å². The number of ether oxygens (including phenoxy) is 1. The summed E-state index contributed by atoms with van der Waals surface area (Å²) < 4.78 is 40.7. The molecule has 0 bridgehead atoms. The minimum Gasteiger partial charge on any atom is -0.478 e. The lowest BCUT2D eigenvalue weighted by molar-refractivity contribution is -0.136. The molecule has 0 aliphatic rings. The molecule has 0 radical (unpaired) electrons. The van der Waals surface area contributed by atoms with Gasteiger partial charge in [-0.2, -0.15) is 13.2 Å². The Kier molecular flexibility index (Phi) is 5.21. The molecular weight excluding hydrogens is 233 g/mol. The Morgan fingerprint density at radius 1 is 1.41 bits per heavy atom. The van der Waals surface area contributed by atoms with Crippen molar-refractivity contribution in [1.82, 2.24) is 10.3 Å². The van der Waals surface area contributed by atoms with Crippen molar-refractivity contribution in [2.75, 3.05) is 13.7 Å². The molecule has 0 aliphatic heterocycles. The van der Waals surface area contributed by atoms with E-state index in [1.54, 1.807) is 12.3 Å². The summed E-state index contributed by atoms with van der Waals surface area (Å²) in [6.07, 6.45) is -3.43. The van der Waals surface area contributed by atoms with Gasteiger partial charge in [-0.05, 0) is 25.1 Å². The van der Waals surface area contributed by atoms with Gasteiger partial charge >= 0.3 is 6.18 Å². The molecule has 6 heteroatoms. The highest BCUT2D eigenvalue weighted by molar-refractivity contribution is 5.20. The third-order valence-corrected chi connectivity index (χ3v) is 2.03. The van der Waals surface area contributed by atoms with Crippen molar-refractivity contribution in [3.05, 3.63) is 23.9 Å². The third-order valence-electron chi connectivity index (χ3n) is 2.03. The fraction of sp³-hybridized carbons (Fsp3) is 0.545. The molecule has 1 N–H and O–H groups in total. The molecule has 0 atom stereocenters. The van der Waals surface area contributed by atoms with Crippen LogP contribution in [0.4, 0.5) is 13.2 Å². The van der Waals surface area contributed by atoms with Gasteiger partial charge in [0.1, 0.15) is 0 Å². The molecule has 0 amide bonds. The number of nitrogens with zero attached hydrogens (tertiary/aromatic N) is 1.